The lowest BCUT2D eigenvalue weighted by Gasteiger charge is -2.12. The molecule has 0 spiro atoms. The van der Waals surface area contributed by atoms with Crippen molar-refractivity contribution >= 4 is 28.2 Å². The zero-order valence-electron chi connectivity index (χ0n) is 16.4. The highest BCUT2D eigenvalue weighted by Gasteiger charge is 2.23. The van der Waals surface area contributed by atoms with Gasteiger partial charge in [0.25, 0.3) is 5.91 Å². The smallest absolute Gasteiger partial charge is 0.338 e. The van der Waals surface area contributed by atoms with E-state index in [2.05, 4.69) is 11.4 Å². The average Bonchev–Trinajstić information content (AvgIpc) is 3.28. The largest absolute Gasteiger partial charge is 0.490 e. The topological polar surface area (TPSA) is 97.6 Å². The minimum absolute atomic E-state index is 0.262. The zero-order chi connectivity index (χ0) is 20.8. The van der Waals surface area contributed by atoms with Crippen LogP contribution < -0.4 is 14.8 Å². The number of ether oxygens (including phenoxy) is 3. The first kappa shape index (κ1) is 20.7. The number of fused-ring (bicyclic) bond motifs is 1. The number of rotatable bonds is 8. The summed E-state index contributed by atoms with van der Waals surface area (Å²) in [7, 11) is 0. The van der Waals surface area contributed by atoms with E-state index in [1.807, 2.05) is 13.8 Å². The van der Waals surface area contributed by atoms with E-state index >= 15 is 0 Å². The number of amides is 1. The summed E-state index contributed by atoms with van der Waals surface area (Å²) in [5.41, 5.74) is 1.81. The van der Waals surface area contributed by atoms with Gasteiger partial charge in [-0.15, -0.1) is 11.3 Å². The van der Waals surface area contributed by atoms with Gasteiger partial charge >= 0.3 is 5.97 Å². The van der Waals surface area contributed by atoms with Crippen LogP contribution in [0.1, 0.15) is 46.6 Å². The Kier molecular flexibility index (Phi) is 6.73. The van der Waals surface area contributed by atoms with E-state index in [0.29, 0.717) is 35.3 Å². The maximum atomic E-state index is 12.3. The highest BCUT2D eigenvalue weighted by Crippen LogP contribution is 2.38. The third kappa shape index (κ3) is 4.69. The maximum Gasteiger partial charge on any atom is 0.338 e. The SMILES string of the molecule is CCOc1ccc(C(=O)OCC(=O)Nc2sc3c(c2C#N)CCC3)cc1OCC. The number of anilines is 1. The summed E-state index contributed by atoms with van der Waals surface area (Å²) in [4.78, 5) is 25.7. The van der Waals surface area contributed by atoms with Crippen LogP contribution in [0.4, 0.5) is 5.00 Å². The molecule has 29 heavy (non-hydrogen) atoms. The molecule has 0 radical (unpaired) electrons. The summed E-state index contributed by atoms with van der Waals surface area (Å²) in [6, 6.07) is 6.90. The summed E-state index contributed by atoms with van der Waals surface area (Å²) in [6.07, 6.45) is 2.83. The van der Waals surface area contributed by atoms with Gasteiger partial charge in [-0.25, -0.2) is 4.79 Å². The minimum Gasteiger partial charge on any atom is -0.490 e. The van der Waals surface area contributed by atoms with Crippen LogP contribution in [0.2, 0.25) is 0 Å². The number of nitrogens with zero attached hydrogens (tertiary/aromatic N) is 1. The van der Waals surface area contributed by atoms with Crippen molar-refractivity contribution in [2.45, 2.75) is 33.1 Å². The van der Waals surface area contributed by atoms with Crippen LogP contribution in [0.25, 0.3) is 0 Å². The lowest BCUT2D eigenvalue weighted by Crippen LogP contribution is -2.21. The normalized spacial score (nSPS) is 12.0. The lowest BCUT2D eigenvalue weighted by molar-refractivity contribution is -0.119. The van der Waals surface area contributed by atoms with Gasteiger partial charge in [0.1, 0.15) is 11.1 Å². The Labute approximate surface area is 173 Å². The number of benzene rings is 1. The zero-order valence-corrected chi connectivity index (χ0v) is 17.2. The molecule has 152 valence electrons. The number of carbonyl (C=O) groups excluding carboxylic acids is 2. The number of hydrogen-bond donors (Lipinski definition) is 1. The molecular formula is C21H22N2O5S. The van der Waals surface area contributed by atoms with E-state index in [-0.39, 0.29) is 5.56 Å². The van der Waals surface area contributed by atoms with Crippen LogP contribution in [0.3, 0.4) is 0 Å². The van der Waals surface area contributed by atoms with Crippen molar-refractivity contribution in [3.05, 3.63) is 39.8 Å². The number of aryl methyl sites for hydroxylation is 1. The van der Waals surface area contributed by atoms with Crippen molar-refractivity contribution in [3.63, 3.8) is 0 Å². The predicted octanol–water partition coefficient (Wildman–Crippen LogP) is 3.70. The second kappa shape index (κ2) is 9.43. The molecule has 0 bridgehead atoms. The molecule has 1 N–H and O–H groups in total. The summed E-state index contributed by atoms with van der Waals surface area (Å²) in [5, 5.41) is 12.6. The standard InChI is InChI=1S/C21H22N2O5S/c1-3-26-16-9-8-13(10-17(16)27-4-2)21(25)28-12-19(24)23-20-15(11-22)14-6-5-7-18(14)29-20/h8-10H,3-7,12H2,1-2H3,(H,23,24). The van der Waals surface area contributed by atoms with E-state index in [9.17, 15) is 14.9 Å². The number of nitriles is 1. The molecule has 2 aromatic rings. The molecule has 0 saturated carbocycles. The van der Waals surface area contributed by atoms with Gasteiger partial charge in [-0.05, 0) is 56.9 Å². The van der Waals surface area contributed by atoms with Gasteiger partial charge in [-0.3, -0.25) is 4.79 Å². The first-order valence-corrected chi connectivity index (χ1v) is 10.3. The van der Waals surface area contributed by atoms with E-state index in [4.69, 9.17) is 14.2 Å². The van der Waals surface area contributed by atoms with Crippen molar-refractivity contribution in [3.8, 4) is 17.6 Å². The van der Waals surface area contributed by atoms with Gasteiger partial charge in [0.2, 0.25) is 0 Å². The molecule has 0 aliphatic heterocycles. The Hall–Kier alpha value is -3.05. The van der Waals surface area contributed by atoms with Gasteiger partial charge in [-0.2, -0.15) is 5.26 Å². The quantitative estimate of drug-likeness (QED) is 0.662. The van der Waals surface area contributed by atoms with E-state index in [1.54, 1.807) is 12.1 Å². The van der Waals surface area contributed by atoms with Crippen molar-refractivity contribution in [2.24, 2.45) is 0 Å². The van der Waals surface area contributed by atoms with Gasteiger partial charge in [0.05, 0.1) is 24.3 Å². The second-order valence-corrected chi connectivity index (χ2v) is 7.43. The Morgan fingerprint density at radius 3 is 2.66 bits per heavy atom. The van der Waals surface area contributed by atoms with Gasteiger partial charge in [0, 0.05) is 4.88 Å². The summed E-state index contributed by atoms with van der Waals surface area (Å²) >= 11 is 1.42. The molecule has 1 aromatic heterocycles. The van der Waals surface area contributed by atoms with Crippen LogP contribution in [-0.2, 0) is 22.4 Å². The molecule has 1 aliphatic rings. The molecule has 1 aliphatic carbocycles. The van der Waals surface area contributed by atoms with Crippen LogP contribution in [0.15, 0.2) is 18.2 Å². The highest BCUT2D eigenvalue weighted by molar-refractivity contribution is 7.16. The molecule has 1 aromatic carbocycles. The molecule has 0 saturated heterocycles. The molecule has 0 unspecified atom stereocenters. The maximum absolute atomic E-state index is 12.3. The Bertz CT molecular complexity index is 961. The lowest BCUT2D eigenvalue weighted by atomic mass is 10.1. The van der Waals surface area contributed by atoms with Crippen molar-refractivity contribution in [1.29, 1.82) is 5.26 Å². The second-order valence-electron chi connectivity index (χ2n) is 6.33. The van der Waals surface area contributed by atoms with E-state index in [0.717, 1.165) is 29.7 Å². The Morgan fingerprint density at radius 2 is 1.93 bits per heavy atom. The van der Waals surface area contributed by atoms with Gasteiger partial charge in [0.15, 0.2) is 18.1 Å². The fraction of sp³-hybridized carbons (Fsp3) is 0.381. The van der Waals surface area contributed by atoms with Crippen molar-refractivity contribution in [1.82, 2.24) is 0 Å². The number of hydrogen-bond acceptors (Lipinski definition) is 7. The van der Waals surface area contributed by atoms with Crippen molar-refractivity contribution < 1.29 is 23.8 Å². The highest BCUT2D eigenvalue weighted by atomic mass is 32.1. The Morgan fingerprint density at radius 1 is 1.17 bits per heavy atom. The van der Waals surface area contributed by atoms with E-state index < -0.39 is 18.5 Å². The third-order valence-corrected chi connectivity index (χ3v) is 5.61. The number of thiophene rings is 1. The van der Waals surface area contributed by atoms with Crippen LogP contribution in [-0.4, -0.2) is 31.7 Å². The molecular weight excluding hydrogens is 392 g/mol. The van der Waals surface area contributed by atoms with Crippen LogP contribution in [0, 0.1) is 11.3 Å². The fourth-order valence-electron chi connectivity index (χ4n) is 3.17. The van der Waals surface area contributed by atoms with Crippen LogP contribution in [0.5, 0.6) is 11.5 Å². The van der Waals surface area contributed by atoms with E-state index in [1.165, 1.54) is 17.4 Å². The average molecular weight is 414 g/mol. The number of carbonyl (C=O) groups is 2. The van der Waals surface area contributed by atoms with Crippen LogP contribution >= 0.6 is 11.3 Å². The summed E-state index contributed by atoms with van der Waals surface area (Å²) in [5.74, 6) is -0.137. The molecule has 3 rings (SSSR count). The molecule has 1 heterocycles. The molecule has 1 amide bonds. The number of esters is 1. The molecule has 8 heteroatoms. The Balaban J connectivity index is 1.61. The monoisotopic (exact) mass is 414 g/mol. The van der Waals surface area contributed by atoms with Gasteiger partial charge in [-0.1, -0.05) is 0 Å². The minimum atomic E-state index is -0.640. The summed E-state index contributed by atoms with van der Waals surface area (Å²) < 4.78 is 16.1. The predicted molar refractivity (Wildman–Crippen MR) is 109 cm³/mol. The molecule has 0 atom stereocenters. The first-order chi connectivity index (χ1) is 14.1. The fourth-order valence-corrected chi connectivity index (χ4v) is 4.42. The summed E-state index contributed by atoms with van der Waals surface area (Å²) in [6.45, 7) is 4.15. The van der Waals surface area contributed by atoms with Crippen molar-refractivity contribution in [2.75, 3.05) is 25.1 Å². The third-order valence-electron chi connectivity index (χ3n) is 4.40. The first-order valence-electron chi connectivity index (χ1n) is 9.48. The molecule has 0 fully saturated rings. The number of nitrogens with one attached hydrogen (secondary N) is 1. The van der Waals surface area contributed by atoms with Gasteiger partial charge < -0.3 is 19.5 Å². The molecule has 7 nitrogen and oxygen atoms in total.